The number of nitrogens with zero attached hydrogens (tertiary/aromatic N) is 1. The zero-order chi connectivity index (χ0) is 19.6. The minimum Gasteiger partial charge on any atom is -0.459 e. The quantitative estimate of drug-likeness (QED) is 0.225. The lowest BCUT2D eigenvalue weighted by Gasteiger charge is -2.17. The first-order valence-corrected chi connectivity index (χ1v) is 9.34. The first-order chi connectivity index (χ1) is 13.0. The van der Waals surface area contributed by atoms with Crippen LogP contribution in [0.25, 0.3) is 0 Å². The summed E-state index contributed by atoms with van der Waals surface area (Å²) in [6.07, 6.45) is 2.32. The van der Waals surface area contributed by atoms with Gasteiger partial charge in [0.05, 0.1) is 6.26 Å². The third-order valence-corrected chi connectivity index (χ3v) is 4.41. The molecule has 1 unspecified atom stereocenters. The van der Waals surface area contributed by atoms with Crippen molar-refractivity contribution in [2.24, 2.45) is 4.99 Å². The lowest BCUT2D eigenvalue weighted by atomic mass is 9.99. The number of hydrogen-bond donors (Lipinski definition) is 3. The first kappa shape index (κ1) is 24.0. The van der Waals surface area contributed by atoms with Crippen molar-refractivity contribution >= 4 is 35.8 Å². The summed E-state index contributed by atoms with van der Waals surface area (Å²) in [7, 11) is 1.76. The predicted octanol–water partition coefficient (Wildman–Crippen LogP) is 3.60. The minimum atomic E-state index is -0.174. The molecule has 0 spiro atoms. The summed E-state index contributed by atoms with van der Waals surface area (Å²) in [6.45, 7) is 8.25. The first-order valence-electron chi connectivity index (χ1n) is 9.34. The third kappa shape index (κ3) is 7.53. The molecule has 6 nitrogen and oxygen atoms in total. The number of nitrogens with one attached hydrogen (secondary N) is 3. The largest absolute Gasteiger partial charge is 0.459 e. The van der Waals surface area contributed by atoms with Gasteiger partial charge in [0.15, 0.2) is 11.7 Å². The molecule has 0 aliphatic carbocycles. The normalized spacial score (nSPS) is 12.1. The minimum absolute atomic E-state index is 0. The third-order valence-electron chi connectivity index (χ3n) is 4.41. The van der Waals surface area contributed by atoms with E-state index < -0.39 is 0 Å². The van der Waals surface area contributed by atoms with Gasteiger partial charge in [-0.2, -0.15) is 0 Å². The van der Waals surface area contributed by atoms with E-state index in [1.165, 1.54) is 17.4 Å². The van der Waals surface area contributed by atoms with Gasteiger partial charge in [0, 0.05) is 32.2 Å². The highest BCUT2D eigenvalue weighted by molar-refractivity contribution is 14.0. The second kappa shape index (κ2) is 12.4. The standard InChI is InChI=1S/C21H30N4O2.HI/c1-15-7-5-8-18(13-15)17(3)14-25-21(22-4)24-11-6-10-23-20(26)19-16(2)9-12-27-19;/h5,7-9,12-13,17H,6,10-11,14H2,1-4H3,(H,23,26)(H2,22,24,25);1H. The molecule has 0 radical (unpaired) electrons. The lowest BCUT2D eigenvalue weighted by Crippen LogP contribution is -2.40. The SMILES string of the molecule is CN=C(NCCCNC(=O)c1occc1C)NCC(C)c1cccc(C)c1.I. The Kier molecular flexibility index (Phi) is 10.7. The number of aryl methyl sites for hydroxylation is 2. The molecule has 0 saturated carbocycles. The van der Waals surface area contributed by atoms with Gasteiger partial charge in [-0.3, -0.25) is 9.79 Å². The number of guanidine groups is 1. The maximum absolute atomic E-state index is 12.0. The van der Waals surface area contributed by atoms with Crippen LogP contribution in [0.4, 0.5) is 0 Å². The van der Waals surface area contributed by atoms with E-state index >= 15 is 0 Å². The second-order valence-corrected chi connectivity index (χ2v) is 6.74. The number of benzene rings is 1. The van der Waals surface area contributed by atoms with Crippen LogP contribution < -0.4 is 16.0 Å². The number of hydrogen-bond acceptors (Lipinski definition) is 3. The number of amides is 1. The fourth-order valence-electron chi connectivity index (χ4n) is 2.75. The molecule has 28 heavy (non-hydrogen) atoms. The Morgan fingerprint density at radius 1 is 1.14 bits per heavy atom. The summed E-state index contributed by atoms with van der Waals surface area (Å²) in [5.74, 6) is 1.36. The molecule has 2 rings (SSSR count). The maximum atomic E-state index is 12.0. The summed E-state index contributed by atoms with van der Waals surface area (Å²) < 4.78 is 5.18. The molecule has 3 N–H and O–H groups in total. The van der Waals surface area contributed by atoms with Gasteiger partial charge in [-0.1, -0.05) is 36.8 Å². The van der Waals surface area contributed by atoms with Gasteiger partial charge in [-0.15, -0.1) is 24.0 Å². The zero-order valence-electron chi connectivity index (χ0n) is 17.0. The number of halogens is 1. The van der Waals surface area contributed by atoms with E-state index in [0.717, 1.165) is 31.0 Å². The number of rotatable bonds is 8. The van der Waals surface area contributed by atoms with E-state index in [4.69, 9.17) is 4.42 Å². The summed E-state index contributed by atoms with van der Waals surface area (Å²) in [5.41, 5.74) is 3.43. The summed E-state index contributed by atoms with van der Waals surface area (Å²) >= 11 is 0. The van der Waals surface area contributed by atoms with E-state index in [0.29, 0.717) is 18.2 Å². The molecule has 2 aromatic rings. The molecule has 0 fully saturated rings. The van der Waals surface area contributed by atoms with E-state index in [1.807, 2.05) is 6.92 Å². The van der Waals surface area contributed by atoms with Crippen LogP contribution in [0.15, 0.2) is 46.0 Å². The molecule has 0 bridgehead atoms. The molecule has 1 atom stereocenters. The number of carbonyl (C=O) groups excluding carboxylic acids is 1. The van der Waals surface area contributed by atoms with Crippen LogP contribution in [-0.4, -0.2) is 38.5 Å². The average Bonchev–Trinajstić information content (AvgIpc) is 3.09. The van der Waals surface area contributed by atoms with Crippen LogP contribution in [0.3, 0.4) is 0 Å². The number of furan rings is 1. The molecule has 1 aromatic heterocycles. The topological polar surface area (TPSA) is 78.7 Å². The maximum Gasteiger partial charge on any atom is 0.287 e. The van der Waals surface area contributed by atoms with Crippen LogP contribution in [0.2, 0.25) is 0 Å². The fourth-order valence-corrected chi connectivity index (χ4v) is 2.75. The monoisotopic (exact) mass is 498 g/mol. The van der Waals surface area contributed by atoms with Gasteiger partial charge in [-0.25, -0.2) is 0 Å². The Bertz CT molecular complexity index is 773. The Morgan fingerprint density at radius 2 is 1.89 bits per heavy atom. The van der Waals surface area contributed by atoms with E-state index in [2.05, 4.69) is 59.1 Å². The Balaban J connectivity index is 0.00000392. The average molecular weight is 498 g/mol. The Labute approximate surface area is 184 Å². The highest BCUT2D eigenvalue weighted by atomic mass is 127. The summed E-state index contributed by atoms with van der Waals surface area (Å²) in [6, 6.07) is 10.3. The molecule has 0 aliphatic rings. The van der Waals surface area contributed by atoms with Crippen molar-refractivity contribution in [3.05, 3.63) is 59.0 Å². The molecular weight excluding hydrogens is 467 g/mol. The summed E-state index contributed by atoms with van der Waals surface area (Å²) in [4.78, 5) is 16.2. The van der Waals surface area contributed by atoms with Crippen LogP contribution in [0.1, 0.15) is 46.5 Å². The van der Waals surface area contributed by atoms with Crippen molar-refractivity contribution in [1.29, 1.82) is 0 Å². The predicted molar refractivity (Wildman–Crippen MR) is 125 cm³/mol. The molecule has 0 saturated heterocycles. The van der Waals surface area contributed by atoms with E-state index in [1.54, 1.807) is 13.1 Å². The van der Waals surface area contributed by atoms with Gasteiger partial charge >= 0.3 is 0 Å². The smallest absolute Gasteiger partial charge is 0.287 e. The number of aliphatic imine (C=N–C) groups is 1. The van der Waals surface area contributed by atoms with E-state index in [9.17, 15) is 4.79 Å². The lowest BCUT2D eigenvalue weighted by molar-refractivity contribution is 0.0925. The molecule has 1 aromatic carbocycles. The van der Waals surface area contributed by atoms with Gasteiger partial charge in [0.1, 0.15) is 0 Å². The van der Waals surface area contributed by atoms with Crippen LogP contribution in [0, 0.1) is 13.8 Å². The van der Waals surface area contributed by atoms with Crippen molar-refractivity contribution in [3.63, 3.8) is 0 Å². The molecule has 0 aliphatic heterocycles. The van der Waals surface area contributed by atoms with Gasteiger partial charge in [-0.05, 0) is 37.8 Å². The molecule has 1 amide bonds. The van der Waals surface area contributed by atoms with Crippen LogP contribution >= 0.6 is 24.0 Å². The molecule has 7 heteroatoms. The van der Waals surface area contributed by atoms with Crippen LogP contribution in [0.5, 0.6) is 0 Å². The van der Waals surface area contributed by atoms with Crippen LogP contribution in [-0.2, 0) is 0 Å². The van der Waals surface area contributed by atoms with Crippen molar-refractivity contribution in [2.75, 3.05) is 26.7 Å². The van der Waals surface area contributed by atoms with Gasteiger partial charge in [0.25, 0.3) is 5.91 Å². The van der Waals surface area contributed by atoms with E-state index in [-0.39, 0.29) is 29.9 Å². The number of carbonyl (C=O) groups is 1. The van der Waals surface area contributed by atoms with Gasteiger partial charge in [0.2, 0.25) is 0 Å². The van der Waals surface area contributed by atoms with Crippen molar-refractivity contribution in [1.82, 2.24) is 16.0 Å². The fraction of sp³-hybridized carbons (Fsp3) is 0.429. The zero-order valence-corrected chi connectivity index (χ0v) is 19.4. The second-order valence-electron chi connectivity index (χ2n) is 6.74. The Hall–Kier alpha value is -2.03. The molecular formula is C21H31IN4O2. The Morgan fingerprint density at radius 3 is 2.54 bits per heavy atom. The molecule has 1 heterocycles. The highest BCUT2D eigenvalue weighted by Gasteiger charge is 2.11. The highest BCUT2D eigenvalue weighted by Crippen LogP contribution is 2.15. The molecule has 154 valence electrons. The van der Waals surface area contributed by atoms with Crippen molar-refractivity contribution < 1.29 is 9.21 Å². The summed E-state index contributed by atoms with van der Waals surface area (Å²) in [5, 5.41) is 9.49. The van der Waals surface area contributed by atoms with Crippen molar-refractivity contribution in [3.8, 4) is 0 Å². The van der Waals surface area contributed by atoms with Gasteiger partial charge < -0.3 is 20.4 Å². The van der Waals surface area contributed by atoms with Crippen molar-refractivity contribution in [2.45, 2.75) is 33.1 Å².